The number of aromatic nitrogens is 2. The molecule has 0 spiro atoms. The van der Waals surface area contributed by atoms with Crippen LogP contribution in [0.2, 0.25) is 5.02 Å². The van der Waals surface area contributed by atoms with E-state index in [2.05, 4.69) is 27.4 Å². The van der Waals surface area contributed by atoms with Gasteiger partial charge in [0.05, 0.1) is 22.9 Å². The van der Waals surface area contributed by atoms with Crippen molar-refractivity contribution >= 4 is 34.2 Å². The highest BCUT2D eigenvalue weighted by Gasteiger charge is 2.05. The summed E-state index contributed by atoms with van der Waals surface area (Å²) in [7, 11) is 0. The fourth-order valence-corrected chi connectivity index (χ4v) is 3.07. The molecule has 0 radical (unpaired) electrons. The van der Waals surface area contributed by atoms with Crippen LogP contribution >= 0.6 is 11.6 Å². The van der Waals surface area contributed by atoms with E-state index >= 15 is 0 Å². The predicted molar refractivity (Wildman–Crippen MR) is 110 cm³/mol. The summed E-state index contributed by atoms with van der Waals surface area (Å²) >= 11 is 6.00. The first-order valence-electron chi connectivity index (χ1n) is 8.49. The van der Waals surface area contributed by atoms with Crippen molar-refractivity contribution < 1.29 is 4.79 Å². The first-order chi connectivity index (χ1) is 13.1. The van der Waals surface area contributed by atoms with Gasteiger partial charge in [-0.15, -0.1) is 0 Å². The predicted octanol–water partition coefficient (Wildman–Crippen LogP) is 5.58. The SMILES string of the molecule is CC(=O)Nc1ccc(-c2ccc(-c3cnc4cc(Cl)ccc4n3)cc2)cc1. The van der Waals surface area contributed by atoms with E-state index in [0.717, 1.165) is 39.1 Å². The Morgan fingerprint density at radius 1 is 0.852 bits per heavy atom. The number of nitrogens with zero attached hydrogens (tertiary/aromatic N) is 2. The second kappa shape index (κ2) is 7.17. The smallest absolute Gasteiger partial charge is 0.221 e. The van der Waals surface area contributed by atoms with Gasteiger partial charge in [0.25, 0.3) is 0 Å². The van der Waals surface area contributed by atoms with Gasteiger partial charge in [-0.05, 0) is 41.5 Å². The van der Waals surface area contributed by atoms with Crippen LogP contribution in [0.3, 0.4) is 0 Å². The Hall–Kier alpha value is -3.24. The molecule has 1 aromatic heterocycles. The van der Waals surface area contributed by atoms with E-state index in [1.165, 1.54) is 6.92 Å². The average Bonchev–Trinajstić information content (AvgIpc) is 2.68. The molecule has 1 heterocycles. The van der Waals surface area contributed by atoms with Crippen LogP contribution in [-0.4, -0.2) is 15.9 Å². The van der Waals surface area contributed by atoms with Gasteiger partial charge in [0.2, 0.25) is 5.91 Å². The molecule has 4 aromatic rings. The van der Waals surface area contributed by atoms with Crippen molar-refractivity contribution in [1.29, 1.82) is 0 Å². The third kappa shape index (κ3) is 3.81. The summed E-state index contributed by atoms with van der Waals surface area (Å²) in [5.74, 6) is -0.0779. The van der Waals surface area contributed by atoms with Crippen LogP contribution < -0.4 is 5.32 Å². The van der Waals surface area contributed by atoms with E-state index in [1.807, 2.05) is 48.5 Å². The van der Waals surface area contributed by atoms with Gasteiger partial charge in [0, 0.05) is 23.2 Å². The Bertz CT molecular complexity index is 1120. The van der Waals surface area contributed by atoms with Crippen molar-refractivity contribution in [3.8, 4) is 22.4 Å². The number of carbonyl (C=O) groups is 1. The van der Waals surface area contributed by atoms with Crippen LogP contribution in [0.1, 0.15) is 6.92 Å². The Morgan fingerprint density at radius 3 is 2.15 bits per heavy atom. The highest BCUT2D eigenvalue weighted by Crippen LogP contribution is 2.26. The van der Waals surface area contributed by atoms with Crippen LogP contribution in [0.25, 0.3) is 33.4 Å². The molecule has 0 bridgehead atoms. The third-order valence-electron chi connectivity index (χ3n) is 4.22. The van der Waals surface area contributed by atoms with Crippen molar-refractivity contribution in [2.24, 2.45) is 0 Å². The molecule has 1 amide bonds. The molecule has 0 saturated heterocycles. The maximum atomic E-state index is 11.1. The zero-order valence-corrected chi connectivity index (χ0v) is 15.4. The number of halogens is 1. The zero-order chi connectivity index (χ0) is 18.8. The Kier molecular flexibility index (Phi) is 4.57. The number of fused-ring (bicyclic) bond motifs is 1. The number of hydrogen-bond acceptors (Lipinski definition) is 3. The van der Waals surface area contributed by atoms with Crippen molar-refractivity contribution in [1.82, 2.24) is 9.97 Å². The largest absolute Gasteiger partial charge is 0.326 e. The van der Waals surface area contributed by atoms with E-state index in [4.69, 9.17) is 11.6 Å². The van der Waals surface area contributed by atoms with Crippen molar-refractivity contribution in [2.45, 2.75) is 6.92 Å². The number of carbonyl (C=O) groups excluding carboxylic acids is 1. The van der Waals surface area contributed by atoms with Gasteiger partial charge in [-0.3, -0.25) is 9.78 Å². The van der Waals surface area contributed by atoms with Gasteiger partial charge in [0.15, 0.2) is 0 Å². The molecule has 1 N–H and O–H groups in total. The molecule has 5 heteroatoms. The summed E-state index contributed by atoms with van der Waals surface area (Å²) in [4.78, 5) is 20.2. The molecule has 0 aliphatic carbocycles. The van der Waals surface area contributed by atoms with E-state index < -0.39 is 0 Å². The first-order valence-corrected chi connectivity index (χ1v) is 8.87. The quantitative estimate of drug-likeness (QED) is 0.510. The average molecular weight is 374 g/mol. The molecule has 0 aliphatic rings. The molecular formula is C22H16ClN3O. The minimum atomic E-state index is -0.0779. The normalized spacial score (nSPS) is 10.7. The number of benzene rings is 3. The van der Waals surface area contributed by atoms with Crippen molar-refractivity contribution in [2.75, 3.05) is 5.32 Å². The monoisotopic (exact) mass is 373 g/mol. The maximum Gasteiger partial charge on any atom is 0.221 e. The molecular weight excluding hydrogens is 358 g/mol. The summed E-state index contributed by atoms with van der Waals surface area (Å²) in [5.41, 5.74) is 6.37. The van der Waals surface area contributed by atoms with E-state index in [9.17, 15) is 4.79 Å². The molecule has 132 valence electrons. The van der Waals surface area contributed by atoms with Crippen LogP contribution in [-0.2, 0) is 4.79 Å². The second-order valence-corrected chi connectivity index (χ2v) is 6.66. The molecule has 27 heavy (non-hydrogen) atoms. The van der Waals surface area contributed by atoms with E-state index in [1.54, 1.807) is 12.3 Å². The summed E-state index contributed by atoms with van der Waals surface area (Å²) < 4.78 is 0. The molecule has 0 fully saturated rings. The lowest BCUT2D eigenvalue weighted by atomic mass is 10.0. The number of hydrogen-bond donors (Lipinski definition) is 1. The standard InChI is InChI=1S/C22H16ClN3O/c1-14(27)25-19-9-6-16(7-10-19)15-2-4-17(5-3-15)22-13-24-21-12-18(23)8-11-20(21)26-22/h2-13H,1H3,(H,25,27). The van der Waals surface area contributed by atoms with Crippen LogP contribution in [0.5, 0.6) is 0 Å². The molecule has 0 aliphatic heterocycles. The Labute approximate surface area is 161 Å². The van der Waals surface area contributed by atoms with E-state index in [0.29, 0.717) is 5.02 Å². The lowest BCUT2D eigenvalue weighted by molar-refractivity contribution is -0.114. The van der Waals surface area contributed by atoms with Crippen LogP contribution in [0.15, 0.2) is 72.9 Å². The summed E-state index contributed by atoms with van der Waals surface area (Å²) in [6.07, 6.45) is 1.76. The highest BCUT2D eigenvalue weighted by molar-refractivity contribution is 6.31. The Morgan fingerprint density at radius 2 is 1.48 bits per heavy atom. The molecule has 0 saturated carbocycles. The highest BCUT2D eigenvalue weighted by atomic mass is 35.5. The lowest BCUT2D eigenvalue weighted by Gasteiger charge is -2.07. The first kappa shape index (κ1) is 17.2. The molecule has 4 nitrogen and oxygen atoms in total. The van der Waals surface area contributed by atoms with E-state index in [-0.39, 0.29) is 5.91 Å². The third-order valence-corrected chi connectivity index (χ3v) is 4.46. The van der Waals surface area contributed by atoms with Gasteiger partial charge in [-0.1, -0.05) is 48.0 Å². The second-order valence-electron chi connectivity index (χ2n) is 6.22. The van der Waals surface area contributed by atoms with Gasteiger partial charge in [-0.2, -0.15) is 0 Å². The number of anilines is 1. The van der Waals surface area contributed by atoms with Gasteiger partial charge in [0.1, 0.15) is 0 Å². The van der Waals surface area contributed by atoms with Gasteiger partial charge in [-0.25, -0.2) is 4.98 Å². The fourth-order valence-electron chi connectivity index (χ4n) is 2.91. The topological polar surface area (TPSA) is 54.9 Å². The zero-order valence-electron chi connectivity index (χ0n) is 14.6. The number of rotatable bonds is 3. The fraction of sp³-hybridized carbons (Fsp3) is 0.0455. The number of nitrogens with one attached hydrogen (secondary N) is 1. The number of amides is 1. The minimum Gasteiger partial charge on any atom is -0.326 e. The molecule has 0 unspecified atom stereocenters. The van der Waals surface area contributed by atoms with Crippen LogP contribution in [0.4, 0.5) is 5.69 Å². The minimum absolute atomic E-state index is 0.0779. The molecule has 0 atom stereocenters. The summed E-state index contributed by atoms with van der Waals surface area (Å²) in [6.45, 7) is 1.50. The lowest BCUT2D eigenvalue weighted by Crippen LogP contribution is -2.05. The van der Waals surface area contributed by atoms with Crippen molar-refractivity contribution in [3.63, 3.8) is 0 Å². The molecule has 3 aromatic carbocycles. The maximum absolute atomic E-state index is 11.1. The van der Waals surface area contributed by atoms with Gasteiger partial charge >= 0.3 is 0 Å². The van der Waals surface area contributed by atoms with Gasteiger partial charge < -0.3 is 5.32 Å². The summed E-state index contributed by atoms with van der Waals surface area (Å²) in [6, 6.07) is 21.4. The van der Waals surface area contributed by atoms with Crippen LogP contribution in [0, 0.1) is 0 Å². The summed E-state index contributed by atoms with van der Waals surface area (Å²) in [5, 5.41) is 3.42. The Balaban J connectivity index is 1.60. The molecule has 4 rings (SSSR count). The van der Waals surface area contributed by atoms with Crippen molar-refractivity contribution in [3.05, 3.63) is 77.9 Å².